The minimum absolute atomic E-state index is 0.574. The van der Waals surface area contributed by atoms with Crippen molar-refractivity contribution >= 4 is 5.69 Å². The fraction of sp³-hybridized carbons (Fsp3) is 0.600. The third-order valence-electron chi connectivity index (χ3n) is 3.53. The molecule has 18 heavy (non-hydrogen) atoms. The number of benzene rings is 1. The van der Waals surface area contributed by atoms with E-state index >= 15 is 0 Å². The molecule has 1 unspecified atom stereocenters. The van der Waals surface area contributed by atoms with Gasteiger partial charge in [-0.05, 0) is 31.0 Å². The van der Waals surface area contributed by atoms with Crippen LogP contribution in [0.3, 0.4) is 0 Å². The predicted octanol–water partition coefficient (Wildman–Crippen LogP) is 2.52. The second-order valence-corrected chi connectivity index (χ2v) is 5.34. The van der Waals surface area contributed by atoms with Gasteiger partial charge in [0.25, 0.3) is 0 Å². The first kappa shape index (κ1) is 13.2. The number of hydrogen-bond acceptors (Lipinski definition) is 3. The largest absolute Gasteiger partial charge is 0.495 e. The second kappa shape index (κ2) is 6.10. The number of hydrogen-bond donors (Lipinski definition) is 1. The lowest BCUT2D eigenvalue weighted by Crippen LogP contribution is -2.30. The number of nitrogens with one attached hydrogen (secondary N) is 1. The van der Waals surface area contributed by atoms with Gasteiger partial charge in [-0.15, -0.1) is 0 Å². The van der Waals surface area contributed by atoms with Crippen LogP contribution in [0.2, 0.25) is 0 Å². The Balaban J connectivity index is 1.95. The highest BCUT2D eigenvalue weighted by molar-refractivity contribution is 5.58. The molecule has 1 fully saturated rings. The van der Waals surface area contributed by atoms with Gasteiger partial charge in [-0.25, -0.2) is 0 Å². The molecule has 2 rings (SSSR count). The third-order valence-corrected chi connectivity index (χ3v) is 3.53. The van der Waals surface area contributed by atoms with Crippen molar-refractivity contribution in [2.45, 2.75) is 26.3 Å². The lowest BCUT2D eigenvalue weighted by atomic mass is 10.1. The maximum Gasteiger partial charge on any atom is 0.142 e. The van der Waals surface area contributed by atoms with Gasteiger partial charge in [0, 0.05) is 19.1 Å². The Labute approximate surface area is 110 Å². The lowest BCUT2D eigenvalue weighted by Gasteiger charge is -2.21. The van der Waals surface area contributed by atoms with Gasteiger partial charge >= 0.3 is 0 Å². The molecule has 0 amide bonds. The number of rotatable bonds is 5. The molecule has 0 saturated carbocycles. The predicted molar refractivity (Wildman–Crippen MR) is 76.5 cm³/mol. The Bertz CT molecular complexity index is 379. The molecule has 3 nitrogen and oxygen atoms in total. The van der Waals surface area contributed by atoms with Crippen LogP contribution in [-0.2, 0) is 0 Å². The van der Waals surface area contributed by atoms with Gasteiger partial charge in [-0.3, -0.25) is 0 Å². The standard InChI is InChI=1S/C15H24N2O/c1-12(2)16-10-13-8-9-17(11-13)14-6-4-5-7-15(14)18-3/h4-7,12-13,16H,8-11H2,1-3H3. The fourth-order valence-electron chi connectivity index (χ4n) is 2.51. The minimum atomic E-state index is 0.574. The zero-order chi connectivity index (χ0) is 13.0. The molecule has 0 bridgehead atoms. The van der Waals surface area contributed by atoms with Gasteiger partial charge in [-0.1, -0.05) is 26.0 Å². The molecule has 3 heteroatoms. The van der Waals surface area contributed by atoms with Crippen LogP contribution in [0.5, 0.6) is 5.75 Å². The smallest absolute Gasteiger partial charge is 0.142 e. The summed E-state index contributed by atoms with van der Waals surface area (Å²) in [6.07, 6.45) is 1.26. The fourth-order valence-corrected chi connectivity index (χ4v) is 2.51. The van der Waals surface area contributed by atoms with Crippen molar-refractivity contribution in [2.75, 3.05) is 31.6 Å². The Morgan fingerprint density at radius 3 is 2.89 bits per heavy atom. The number of methoxy groups -OCH3 is 1. The summed E-state index contributed by atoms with van der Waals surface area (Å²) in [5.41, 5.74) is 1.23. The third kappa shape index (κ3) is 3.16. The molecule has 1 aliphatic heterocycles. The summed E-state index contributed by atoms with van der Waals surface area (Å²) in [6, 6.07) is 8.87. The van der Waals surface area contributed by atoms with E-state index in [9.17, 15) is 0 Å². The zero-order valence-electron chi connectivity index (χ0n) is 11.6. The Morgan fingerprint density at radius 2 is 2.17 bits per heavy atom. The summed E-state index contributed by atoms with van der Waals surface area (Å²) in [6.45, 7) is 7.77. The molecule has 1 aliphatic rings. The van der Waals surface area contributed by atoms with Crippen LogP contribution in [0.1, 0.15) is 20.3 Å². The molecule has 1 atom stereocenters. The summed E-state index contributed by atoms with van der Waals surface area (Å²) < 4.78 is 5.43. The average molecular weight is 248 g/mol. The molecule has 1 aromatic rings. The zero-order valence-corrected chi connectivity index (χ0v) is 11.6. The van der Waals surface area contributed by atoms with Crippen LogP contribution < -0.4 is 15.0 Å². The monoisotopic (exact) mass is 248 g/mol. The van der Waals surface area contributed by atoms with E-state index in [4.69, 9.17) is 4.74 Å². The summed E-state index contributed by atoms with van der Waals surface area (Å²) in [7, 11) is 1.74. The van der Waals surface area contributed by atoms with Crippen molar-refractivity contribution < 1.29 is 4.74 Å². The van der Waals surface area contributed by atoms with Crippen molar-refractivity contribution in [3.8, 4) is 5.75 Å². The molecule has 100 valence electrons. The van der Waals surface area contributed by atoms with Gasteiger partial charge in [-0.2, -0.15) is 0 Å². The van der Waals surface area contributed by atoms with E-state index in [0.717, 1.165) is 31.3 Å². The molecule has 1 heterocycles. The summed E-state index contributed by atoms with van der Waals surface area (Å²) in [4.78, 5) is 2.44. The van der Waals surface area contributed by atoms with Crippen molar-refractivity contribution in [3.05, 3.63) is 24.3 Å². The molecular formula is C15H24N2O. The molecule has 1 N–H and O–H groups in total. The maximum atomic E-state index is 5.43. The van der Waals surface area contributed by atoms with E-state index in [1.165, 1.54) is 12.1 Å². The van der Waals surface area contributed by atoms with E-state index < -0.39 is 0 Å². The normalized spacial score (nSPS) is 19.6. The maximum absolute atomic E-state index is 5.43. The highest BCUT2D eigenvalue weighted by Gasteiger charge is 2.24. The second-order valence-electron chi connectivity index (χ2n) is 5.34. The Hall–Kier alpha value is -1.22. The summed E-state index contributed by atoms with van der Waals surface area (Å²) >= 11 is 0. The minimum Gasteiger partial charge on any atom is -0.495 e. The van der Waals surface area contributed by atoms with Crippen LogP contribution in [0, 0.1) is 5.92 Å². The SMILES string of the molecule is COc1ccccc1N1CCC(CNC(C)C)C1. The molecule has 0 radical (unpaired) electrons. The highest BCUT2D eigenvalue weighted by atomic mass is 16.5. The summed E-state index contributed by atoms with van der Waals surface area (Å²) in [5.74, 6) is 1.73. The number of anilines is 1. The van der Waals surface area contributed by atoms with E-state index in [2.05, 4.69) is 36.2 Å². The van der Waals surface area contributed by atoms with E-state index in [1.807, 2.05) is 12.1 Å². The molecule has 0 aromatic heterocycles. The first-order valence-corrected chi connectivity index (χ1v) is 6.82. The van der Waals surface area contributed by atoms with Crippen LogP contribution in [0.25, 0.3) is 0 Å². The van der Waals surface area contributed by atoms with Crippen molar-refractivity contribution in [1.82, 2.24) is 5.32 Å². The van der Waals surface area contributed by atoms with Crippen molar-refractivity contribution in [1.29, 1.82) is 0 Å². The van der Waals surface area contributed by atoms with Crippen LogP contribution >= 0.6 is 0 Å². The topological polar surface area (TPSA) is 24.5 Å². The number of nitrogens with zero attached hydrogens (tertiary/aromatic N) is 1. The van der Waals surface area contributed by atoms with Crippen LogP contribution in [0.4, 0.5) is 5.69 Å². The average Bonchev–Trinajstić information content (AvgIpc) is 2.85. The van der Waals surface area contributed by atoms with E-state index in [0.29, 0.717) is 6.04 Å². The van der Waals surface area contributed by atoms with Gasteiger partial charge < -0.3 is 15.0 Å². The van der Waals surface area contributed by atoms with Crippen LogP contribution in [-0.4, -0.2) is 32.8 Å². The van der Waals surface area contributed by atoms with E-state index in [1.54, 1.807) is 7.11 Å². The quantitative estimate of drug-likeness (QED) is 0.866. The van der Waals surface area contributed by atoms with Gasteiger partial charge in [0.05, 0.1) is 12.8 Å². The first-order valence-electron chi connectivity index (χ1n) is 6.82. The molecule has 1 aromatic carbocycles. The van der Waals surface area contributed by atoms with Gasteiger partial charge in [0.2, 0.25) is 0 Å². The number of ether oxygens (including phenoxy) is 1. The van der Waals surface area contributed by atoms with Gasteiger partial charge in [0.1, 0.15) is 5.75 Å². The Morgan fingerprint density at radius 1 is 1.39 bits per heavy atom. The van der Waals surface area contributed by atoms with Crippen LogP contribution in [0.15, 0.2) is 24.3 Å². The molecule has 0 aliphatic carbocycles. The number of para-hydroxylation sites is 2. The molecule has 0 spiro atoms. The lowest BCUT2D eigenvalue weighted by molar-refractivity contribution is 0.414. The Kier molecular flexibility index (Phi) is 4.48. The van der Waals surface area contributed by atoms with E-state index in [-0.39, 0.29) is 0 Å². The van der Waals surface area contributed by atoms with Gasteiger partial charge in [0.15, 0.2) is 0 Å². The molecular weight excluding hydrogens is 224 g/mol. The molecule has 1 saturated heterocycles. The first-order chi connectivity index (χ1) is 8.70. The van der Waals surface area contributed by atoms with Crippen molar-refractivity contribution in [3.63, 3.8) is 0 Å². The highest BCUT2D eigenvalue weighted by Crippen LogP contribution is 2.31. The van der Waals surface area contributed by atoms with Crippen molar-refractivity contribution in [2.24, 2.45) is 5.92 Å². The summed E-state index contributed by atoms with van der Waals surface area (Å²) in [5, 5.41) is 3.53.